The minimum absolute atomic E-state index is 0.198. The average molecular weight is 241 g/mol. The molecule has 96 valence electrons. The fourth-order valence-electron chi connectivity index (χ4n) is 1.93. The van der Waals surface area contributed by atoms with E-state index in [1.165, 1.54) is 0 Å². The summed E-state index contributed by atoms with van der Waals surface area (Å²) in [6.07, 6.45) is 2.05. The average Bonchev–Trinajstić information content (AvgIpc) is 2.80. The summed E-state index contributed by atoms with van der Waals surface area (Å²) in [5.41, 5.74) is 5.33. The van der Waals surface area contributed by atoms with Gasteiger partial charge in [0, 0.05) is 13.7 Å². The van der Waals surface area contributed by atoms with E-state index in [0.717, 1.165) is 19.4 Å². The Morgan fingerprint density at radius 3 is 3.06 bits per heavy atom. The maximum Gasteiger partial charge on any atom is 0.232 e. The van der Waals surface area contributed by atoms with Crippen molar-refractivity contribution in [3.8, 4) is 0 Å². The van der Waals surface area contributed by atoms with Gasteiger partial charge in [-0.3, -0.25) is 0 Å². The van der Waals surface area contributed by atoms with Crippen LogP contribution in [-0.2, 0) is 15.0 Å². The quantitative estimate of drug-likeness (QED) is 0.838. The van der Waals surface area contributed by atoms with Crippen LogP contribution in [0, 0.1) is 0 Å². The van der Waals surface area contributed by atoms with Crippen LogP contribution in [0.3, 0.4) is 0 Å². The SMILES string of the molecule is COCC(C)(N)c1noc(C2CCCOC2)n1. The van der Waals surface area contributed by atoms with Gasteiger partial charge in [-0.15, -0.1) is 0 Å². The first kappa shape index (κ1) is 12.5. The lowest BCUT2D eigenvalue weighted by Gasteiger charge is -2.19. The predicted molar refractivity (Wildman–Crippen MR) is 60.5 cm³/mol. The van der Waals surface area contributed by atoms with Crippen molar-refractivity contribution < 1.29 is 14.0 Å². The van der Waals surface area contributed by atoms with Gasteiger partial charge in [0.1, 0.15) is 5.54 Å². The number of hydrogen-bond acceptors (Lipinski definition) is 6. The molecule has 2 unspecified atom stereocenters. The van der Waals surface area contributed by atoms with E-state index in [0.29, 0.717) is 24.9 Å². The fraction of sp³-hybridized carbons (Fsp3) is 0.818. The first-order valence-electron chi connectivity index (χ1n) is 5.83. The Labute approximate surface area is 100 Å². The lowest BCUT2D eigenvalue weighted by atomic mass is 10.0. The van der Waals surface area contributed by atoms with Gasteiger partial charge in [0.2, 0.25) is 5.89 Å². The Morgan fingerprint density at radius 1 is 1.59 bits per heavy atom. The highest BCUT2D eigenvalue weighted by Crippen LogP contribution is 2.25. The summed E-state index contributed by atoms with van der Waals surface area (Å²) in [5, 5.41) is 3.94. The molecule has 0 aliphatic carbocycles. The maximum absolute atomic E-state index is 6.05. The molecule has 1 aromatic heterocycles. The van der Waals surface area contributed by atoms with Gasteiger partial charge in [-0.1, -0.05) is 5.16 Å². The zero-order valence-corrected chi connectivity index (χ0v) is 10.3. The Bertz CT molecular complexity index is 359. The number of aromatic nitrogens is 2. The van der Waals surface area contributed by atoms with Crippen molar-refractivity contribution in [2.45, 2.75) is 31.2 Å². The second kappa shape index (κ2) is 5.12. The summed E-state index contributed by atoms with van der Waals surface area (Å²) < 4.78 is 15.7. The molecule has 1 aliphatic heterocycles. The van der Waals surface area contributed by atoms with Crippen molar-refractivity contribution in [2.75, 3.05) is 26.9 Å². The minimum atomic E-state index is -0.716. The summed E-state index contributed by atoms with van der Waals surface area (Å²) in [7, 11) is 1.60. The molecule has 2 rings (SSSR count). The van der Waals surface area contributed by atoms with Crippen LogP contribution < -0.4 is 5.73 Å². The van der Waals surface area contributed by atoms with Gasteiger partial charge in [-0.2, -0.15) is 4.98 Å². The topological polar surface area (TPSA) is 83.4 Å². The summed E-state index contributed by atoms with van der Waals surface area (Å²) in [5.74, 6) is 1.30. The molecule has 0 aromatic carbocycles. The van der Waals surface area contributed by atoms with Gasteiger partial charge in [0.15, 0.2) is 5.82 Å². The van der Waals surface area contributed by atoms with Crippen molar-refractivity contribution in [1.29, 1.82) is 0 Å². The smallest absolute Gasteiger partial charge is 0.232 e. The Hall–Kier alpha value is -0.980. The molecule has 2 atom stereocenters. The molecule has 1 aromatic rings. The van der Waals surface area contributed by atoms with E-state index in [1.807, 2.05) is 6.92 Å². The molecule has 1 fully saturated rings. The summed E-state index contributed by atoms with van der Waals surface area (Å²) in [6.45, 7) is 3.64. The lowest BCUT2D eigenvalue weighted by Crippen LogP contribution is -2.39. The van der Waals surface area contributed by atoms with Gasteiger partial charge in [-0.25, -0.2) is 0 Å². The van der Waals surface area contributed by atoms with Gasteiger partial charge in [-0.05, 0) is 19.8 Å². The van der Waals surface area contributed by atoms with E-state index >= 15 is 0 Å². The lowest BCUT2D eigenvalue weighted by molar-refractivity contribution is 0.0705. The summed E-state index contributed by atoms with van der Waals surface area (Å²) >= 11 is 0. The predicted octanol–water partition coefficient (Wildman–Crippen LogP) is 0.784. The first-order valence-corrected chi connectivity index (χ1v) is 5.83. The molecule has 0 amide bonds. The maximum atomic E-state index is 6.05. The van der Waals surface area contributed by atoms with Gasteiger partial charge in [0.05, 0.1) is 19.1 Å². The zero-order chi connectivity index (χ0) is 12.3. The van der Waals surface area contributed by atoms with Crippen LogP contribution in [0.5, 0.6) is 0 Å². The van der Waals surface area contributed by atoms with Crippen LogP contribution in [0.1, 0.15) is 37.4 Å². The van der Waals surface area contributed by atoms with Crippen molar-refractivity contribution in [3.63, 3.8) is 0 Å². The molecule has 2 heterocycles. The largest absolute Gasteiger partial charge is 0.382 e. The fourth-order valence-corrected chi connectivity index (χ4v) is 1.93. The van der Waals surface area contributed by atoms with E-state index in [4.69, 9.17) is 19.7 Å². The number of ether oxygens (including phenoxy) is 2. The molecule has 1 saturated heterocycles. The van der Waals surface area contributed by atoms with E-state index in [-0.39, 0.29) is 5.92 Å². The third kappa shape index (κ3) is 2.83. The Balaban J connectivity index is 2.09. The minimum Gasteiger partial charge on any atom is -0.382 e. The molecule has 6 nitrogen and oxygen atoms in total. The van der Waals surface area contributed by atoms with Crippen LogP contribution >= 0.6 is 0 Å². The van der Waals surface area contributed by atoms with Gasteiger partial charge in [0.25, 0.3) is 0 Å². The Morgan fingerprint density at radius 2 is 2.41 bits per heavy atom. The number of hydrogen-bond donors (Lipinski definition) is 1. The van der Waals surface area contributed by atoms with Crippen LogP contribution in [0.25, 0.3) is 0 Å². The molecule has 0 spiro atoms. The van der Waals surface area contributed by atoms with E-state index in [9.17, 15) is 0 Å². The summed E-state index contributed by atoms with van der Waals surface area (Å²) in [6, 6.07) is 0. The second-order valence-electron chi connectivity index (χ2n) is 4.72. The van der Waals surface area contributed by atoms with Crippen LogP contribution in [0.15, 0.2) is 4.52 Å². The molecule has 0 radical (unpaired) electrons. The highest BCUT2D eigenvalue weighted by Gasteiger charge is 2.30. The first-order chi connectivity index (χ1) is 8.13. The number of nitrogens with zero attached hydrogens (tertiary/aromatic N) is 2. The standard InChI is InChI=1S/C11H19N3O3/c1-11(12,7-15-2)10-13-9(17-14-10)8-4-3-5-16-6-8/h8H,3-7,12H2,1-2H3. The van der Waals surface area contributed by atoms with E-state index in [1.54, 1.807) is 7.11 Å². The molecule has 1 aliphatic rings. The molecular weight excluding hydrogens is 222 g/mol. The van der Waals surface area contributed by atoms with Crippen molar-refractivity contribution in [1.82, 2.24) is 10.1 Å². The monoisotopic (exact) mass is 241 g/mol. The zero-order valence-electron chi connectivity index (χ0n) is 10.3. The van der Waals surface area contributed by atoms with Crippen molar-refractivity contribution in [2.24, 2.45) is 5.73 Å². The van der Waals surface area contributed by atoms with E-state index in [2.05, 4.69) is 10.1 Å². The highest BCUT2D eigenvalue weighted by molar-refractivity contribution is 5.04. The highest BCUT2D eigenvalue weighted by atomic mass is 16.5. The molecule has 17 heavy (non-hydrogen) atoms. The van der Waals surface area contributed by atoms with Crippen molar-refractivity contribution >= 4 is 0 Å². The molecule has 6 heteroatoms. The molecule has 0 bridgehead atoms. The van der Waals surface area contributed by atoms with Gasteiger partial charge >= 0.3 is 0 Å². The molecule has 2 N–H and O–H groups in total. The van der Waals surface area contributed by atoms with Gasteiger partial charge < -0.3 is 19.7 Å². The molecule has 0 saturated carbocycles. The van der Waals surface area contributed by atoms with Crippen LogP contribution in [0.4, 0.5) is 0 Å². The van der Waals surface area contributed by atoms with E-state index < -0.39 is 5.54 Å². The number of rotatable bonds is 4. The summed E-state index contributed by atoms with van der Waals surface area (Å²) in [4.78, 5) is 4.36. The molecular formula is C11H19N3O3. The third-order valence-corrected chi connectivity index (χ3v) is 2.91. The second-order valence-corrected chi connectivity index (χ2v) is 4.72. The van der Waals surface area contributed by atoms with Crippen LogP contribution in [0.2, 0.25) is 0 Å². The number of nitrogens with two attached hydrogens (primary N) is 1. The Kier molecular flexibility index (Phi) is 3.76. The van der Waals surface area contributed by atoms with Crippen molar-refractivity contribution in [3.05, 3.63) is 11.7 Å². The normalized spacial score (nSPS) is 24.5. The third-order valence-electron chi connectivity index (χ3n) is 2.91. The van der Waals surface area contributed by atoms with Crippen LogP contribution in [-0.4, -0.2) is 37.1 Å². The number of methoxy groups -OCH3 is 1.